The molecule has 1 rings (SSSR count). The van der Waals surface area contributed by atoms with Gasteiger partial charge < -0.3 is 5.32 Å². The fraction of sp³-hybridized carbons (Fsp3) is 0.571. The van der Waals surface area contributed by atoms with Crippen molar-refractivity contribution < 1.29 is 8.42 Å². The minimum Gasteiger partial charge on any atom is -0.316 e. The van der Waals surface area contributed by atoms with Gasteiger partial charge in [-0.2, -0.15) is 11.8 Å². The second-order valence-corrected chi connectivity index (χ2v) is 8.61. The molecule has 0 amide bonds. The Kier molecular flexibility index (Phi) is 6.06. The predicted octanol–water partition coefficient (Wildman–Crippen LogP) is 2.13. The summed E-state index contributed by atoms with van der Waals surface area (Å²) >= 11 is 1.64. The van der Waals surface area contributed by atoms with Gasteiger partial charge in [0.2, 0.25) is 10.0 Å². The fourth-order valence-electron chi connectivity index (χ4n) is 1.75. The van der Waals surface area contributed by atoms with E-state index in [-0.39, 0.29) is 4.75 Å². The number of hydrogen-bond acceptors (Lipinski definition) is 4. The van der Waals surface area contributed by atoms with Gasteiger partial charge in [0.05, 0.1) is 4.90 Å². The molecule has 0 aliphatic rings. The van der Waals surface area contributed by atoms with Crippen LogP contribution in [-0.4, -0.2) is 33.0 Å². The van der Waals surface area contributed by atoms with Crippen molar-refractivity contribution in [3.05, 3.63) is 29.3 Å². The minimum atomic E-state index is -3.47. The van der Waals surface area contributed by atoms with Gasteiger partial charge in [0.1, 0.15) is 0 Å². The molecule has 2 N–H and O–H groups in total. The van der Waals surface area contributed by atoms with Gasteiger partial charge in [-0.1, -0.05) is 12.1 Å². The van der Waals surface area contributed by atoms with Gasteiger partial charge in [0.15, 0.2) is 0 Å². The van der Waals surface area contributed by atoms with Crippen LogP contribution in [0.3, 0.4) is 0 Å². The summed E-state index contributed by atoms with van der Waals surface area (Å²) in [5, 5.41) is 3.05. The first-order valence-electron chi connectivity index (χ1n) is 6.51. The summed E-state index contributed by atoms with van der Waals surface area (Å²) in [6.07, 6.45) is 1.98. The second-order valence-electron chi connectivity index (χ2n) is 5.36. The summed E-state index contributed by atoms with van der Waals surface area (Å²) < 4.78 is 27.4. The molecule has 0 saturated carbocycles. The second kappa shape index (κ2) is 6.93. The highest BCUT2D eigenvalue weighted by molar-refractivity contribution is 8.00. The molecule has 0 fully saturated rings. The van der Waals surface area contributed by atoms with E-state index in [0.29, 0.717) is 18.0 Å². The predicted molar refractivity (Wildman–Crippen MR) is 86.7 cm³/mol. The largest absolute Gasteiger partial charge is 0.316 e. The van der Waals surface area contributed by atoms with Gasteiger partial charge in [-0.05, 0) is 51.3 Å². The van der Waals surface area contributed by atoms with Crippen molar-refractivity contribution in [2.75, 3.05) is 19.8 Å². The van der Waals surface area contributed by atoms with Gasteiger partial charge in [-0.15, -0.1) is 0 Å². The Labute approximate surface area is 126 Å². The van der Waals surface area contributed by atoms with Crippen LogP contribution in [0.25, 0.3) is 0 Å². The average Bonchev–Trinajstić information content (AvgIpc) is 2.39. The molecule has 4 nitrogen and oxygen atoms in total. The van der Waals surface area contributed by atoms with Gasteiger partial charge >= 0.3 is 0 Å². The van der Waals surface area contributed by atoms with Crippen molar-refractivity contribution in [1.82, 2.24) is 10.0 Å². The number of sulfonamides is 1. The summed E-state index contributed by atoms with van der Waals surface area (Å²) in [7, 11) is -1.62. The maximum atomic E-state index is 12.4. The Bertz CT molecular complexity index is 554. The lowest BCUT2D eigenvalue weighted by atomic mass is 10.1. The molecule has 0 aliphatic heterocycles. The summed E-state index contributed by atoms with van der Waals surface area (Å²) in [4.78, 5) is 0.363. The highest BCUT2D eigenvalue weighted by Crippen LogP contribution is 2.22. The molecule has 0 radical (unpaired) electrons. The smallest absolute Gasteiger partial charge is 0.240 e. The van der Waals surface area contributed by atoms with Crippen molar-refractivity contribution in [2.45, 2.75) is 37.0 Å². The Morgan fingerprint density at radius 3 is 2.50 bits per heavy atom. The van der Waals surface area contributed by atoms with Crippen molar-refractivity contribution in [1.29, 1.82) is 0 Å². The lowest BCUT2D eigenvalue weighted by Crippen LogP contribution is -2.36. The molecule has 0 aliphatic carbocycles. The zero-order valence-electron chi connectivity index (χ0n) is 12.8. The third-order valence-electron chi connectivity index (χ3n) is 3.29. The van der Waals surface area contributed by atoms with Crippen LogP contribution in [0, 0.1) is 6.92 Å². The molecule has 0 spiro atoms. The monoisotopic (exact) mass is 316 g/mol. The van der Waals surface area contributed by atoms with Crippen LogP contribution in [-0.2, 0) is 16.6 Å². The molecule has 0 unspecified atom stereocenters. The third-order valence-corrected chi connectivity index (χ3v) is 6.09. The van der Waals surface area contributed by atoms with E-state index in [4.69, 9.17) is 0 Å². The number of rotatable bonds is 7. The first-order chi connectivity index (χ1) is 9.23. The van der Waals surface area contributed by atoms with Gasteiger partial charge in [-0.25, -0.2) is 13.1 Å². The maximum absolute atomic E-state index is 12.4. The topological polar surface area (TPSA) is 58.2 Å². The van der Waals surface area contributed by atoms with Gasteiger partial charge in [-0.3, -0.25) is 0 Å². The van der Waals surface area contributed by atoms with Crippen molar-refractivity contribution >= 4 is 21.8 Å². The number of thioether (sulfide) groups is 1. The normalized spacial score (nSPS) is 12.7. The lowest BCUT2D eigenvalue weighted by Gasteiger charge is -2.22. The van der Waals surface area contributed by atoms with E-state index >= 15 is 0 Å². The number of benzene rings is 1. The zero-order valence-corrected chi connectivity index (χ0v) is 14.4. The first-order valence-corrected chi connectivity index (χ1v) is 9.22. The molecular formula is C14H24N2O2S2. The van der Waals surface area contributed by atoms with Crippen molar-refractivity contribution in [3.63, 3.8) is 0 Å². The summed E-state index contributed by atoms with van der Waals surface area (Å²) in [6, 6.07) is 5.38. The van der Waals surface area contributed by atoms with E-state index in [9.17, 15) is 8.42 Å². The summed E-state index contributed by atoms with van der Waals surface area (Å²) in [5.74, 6) is 0. The molecule has 1 aromatic carbocycles. The summed E-state index contributed by atoms with van der Waals surface area (Å²) in [5.41, 5.74) is 1.80. The lowest BCUT2D eigenvalue weighted by molar-refractivity contribution is 0.570. The van der Waals surface area contributed by atoms with Crippen LogP contribution in [0.4, 0.5) is 0 Å². The molecule has 0 bridgehead atoms. The minimum absolute atomic E-state index is 0.121. The van der Waals surface area contributed by atoms with Gasteiger partial charge in [0, 0.05) is 17.8 Å². The van der Waals surface area contributed by atoms with Crippen LogP contribution in [0.2, 0.25) is 0 Å². The van der Waals surface area contributed by atoms with Crippen LogP contribution in [0.5, 0.6) is 0 Å². The molecule has 0 aromatic heterocycles. The van der Waals surface area contributed by atoms with E-state index in [1.807, 2.05) is 40.1 Å². The average molecular weight is 316 g/mol. The third kappa shape index (κ3) is 4.48. The molecule has 1 aromatic rings. The highest BCUT2D eigenvalue weighted by atomic mass is 32.2. The van der Waals surface area contributed by atoms with E-state index < -0.39 is 10.0 Å². The molecule has 0 saturated heterocycles. The number of nitrogens with one attached hydrogen (secondary N) is 2. The molecule has 0 atom stereocenters. The Morgan fingerprint density at radius 2 is 1.95 bits per heavy atom. The highest BCUT2D eigenvalue weighted by Gasteiger charge is 2.23. The molecular weight excluding hydrogens is 292 g/mol. The van der Waals surface area contributed by atoms with E-state index in [2.05, 4.69) is 10.0 Å². The van der Waals surface area contributed by atoms with Crippen molar-refractivity contribution in [2.24, 2.45) is 0 Å². The Morgan fingerprint density at radius 1 is 1.30 bits per heavy atom. The molecule has 114 valence electrons. The standard InChI is InChI=1S/C14H24N2O2S2/c1-11-12(9-15-4)7-6-8-13(11)20(17,18)16-10-14(2,3)19-5/h6-8,15-16H,9-10H2,1-5H3. The molecule has 6 heteroatoms. The van der Waals surface area contributed by atoms with Crippen molar-refractivity contribution in [3.8, 4) is 0 Å². The zero-order chi connectivity index (χ0) is 15.4. The van der Waals surface area contributed by atoms with E-state index in [1.165, 1.54) is 0 Å². The summed E-state index contributed by atoms with van der Waals surface area (Å²) in [6.45, 7) is 6.95. The van der Waals surface area contributed by atoms with Crippen LogP contribution in [0.1, 0.15) is 25.0 Å². The Hall–Kier alpha value is -0.560. The first kappa shape index (κ1) is 17.5. The van der Waals surface area contributed by atoms with E-state index in [1.54, 1.807) is 23.9 Å². The van der Waals surface area contributed by atoms with Gasteiger partial charge in [0.25, 0.3) is 0 Å². The number of hydrogen-bond donors (Lipinski definition) is 2. The molecule has 0 heterocycles. The fourth-order valence-corrected chi connectivity index (χ4v) is 3.56. The van der Waals surface area contributed by atoms with E-state index in [0.717, 1.165) is 11.1 Å². The van der Waals surface area contributed by atoms with Crippen LogP contribution >= 0.6 is 11.8 Å². The van der Waals surface area contributed by atoms with Crippen LogP contribution in [0.15, 0.2) is 23.1 Å². The molecule has 20 heavy (non-hydrogen) atoms. The Balaban J connectivity index is 3.01. The SMILES string of the molecule is CNCc1cccc(S(=O)(=O)NCC(C)(C)SC)c1C. The quantitative estimate of drug-likeness (QED) is 0.809. The maximum Gasteiger partial charge on any atom is 0.240 e. The van der Waals surface area contributed by atoms with Crippen LogP contribution < -0.4 is 10.0 Å².